The fourth-order valence-corrected chi connectivity index (χ4v) is 3.21. The fourth-order valence-electron chi connectivity index (χ4n) is 2.94. The van der Waals surface area contributed by atoms with Gasteiger partial charge in [-0.1, -0.05) is 24.9 Å². The molecule has 0 aromatic heterocycles. The normalized spacial score (nSPS) is 15.7. The van der Waals surface area contributed by atoms with Gasteiger partial charge in [-0.3, -0.25) is 0 Å². The lowest BCUT2D eigenvalue weighted by atomic mass is 9.92. The largest absolute Gasteiger partial charge is 0.493 e. The Hall–Kier alpha value is -0.730. The molecule has 1 unspecified atom stereocenters. The van der Waals surface area contributed by atoms with Gasteiger partial charge in [-0.15, -0.1) is 0 Å². The Kier molecular flexibility index (Phi) is 5.56. The molecule has 0 bridgehead atoms. The number of hydrogen-bond donors (Lipinski definition) is 1. The highest BCUT2D eigenvalue weighted by Crippen LogP contribution is 2.34. The summed E-state index contributed by atoms with van der Waals surface area (Å²) in [5.41, 5.74) is 2.72. The van der Waals surface area contributed by atoms with Crippen LogP contribution in [0.2, 0.25) is 5.02 Å². The topological polar surface area (TPSA) is 21.3 Å². The van der Waals surface area contributed by atoms with E-state index < -0.39 is 0 Å². The van der Waals surface area contributed by atoms with Crippen LogP contribution in [0.3, 0.4) is 0 Å². The van der Waals surface area contributed by atoms with Gasteiger partial charge in [0.1, 0.15) is 5.75 Å². The van der Waals surface area contributed by atoms with Gasteiger partial charge in [-0.25, -0.2) is 0 Å². The first-order chi connectivity index (χ1) is 9.89. The predicted octanol–water partition coefficient (Wildman–Crippen LogP) is 4.62. The molecule has 0 saturated heterocycles. The van der Waals surface area contributed by atoms with Crippen molar-refractivity contribution in [1.29, 1.82) is 0 Å². The van der Waals surface area contributed by atoms with Gasteiger partial charge in [0.15, 0.2) is 0 Å². The molecular weight excluding hydrogens is 282 g/mol. The van der Waals surface area contributed by atoms with E-state index in [0.717, 1.165) is 36.8 Å². The van der Waals surface area contributed by atoms with E-state index >= 15 is 0 Å². The van der Waals surface area contributed by atoms with E-state index in [1.807, 2.05) is 0 Å². The zero-order valence-corrected chi connectivity index (χ0v) is 14.5. The third kappa shape index (κ3) is 4.89. The van der Waals surface area contributed by atoms with E-state index in [1.165, 1.54) is 24.0 Å². The second-order valence-electron chi connectivity index (χ2n) is 7.14. The summed E-state index contributed by atoms with van der Waals surface area (Å²) in [5, 5.41) is 4.48. The Labute approximate surface area is 134 Å². The molecule has 1 aliphatic rings. The molecule has 1 aromatic carbocycles. The summed E-state index contributed by atoms with van der Waals surface area (Å²) in [7, 11) is 0. The van der Waals surface area contributed by atoms with Crippen molar-refractivity contribution in [1.82, 2.24) is 5.32 Å². The van der Waals surface area contributed by atoms with Crippen LogP contribution in [0.5, 0.6) is 5.75 Å². The number of fused-ring (bicyclic) bond motifs is 1. The molecule has 0 amide bonds. The molecule has 118 valence electrons. The highest BCUT2D eigenvalue weighted by molar-refractivity contribution is 6.30. The van der Waals surface area contributed by atoms with Gasteiger partial charge in [-0.2, -0.15) is 0 Å². The predicted molar refractivity (Wildman–Crippen MR) is 90.5 cm³/mol. The lowest BCUT2D eigenvalue weighted by Crippen LogP contribution is -2.39. The van der Waals surface area contributed by atoms with Crippen LogP contribution < -0.4 is 10.1 Å². The van der Waals surface area contributed by atoms with Gasteiger partial charge in [-0.05, 0) is 69.3 Å². The molecule has 2 rings (SSSR count). The second kappa shape index (κ2) is 7.02. The SMILES string of the molecule is CCCC(CNC(C)(C)C)Cc1cc(Cl)cc2c1OCC2. The van der Waals surface area contributed by atoms with Crippen molar-refractivity contribution >= 4 is 11.6 Å². The van der Waals surface area contributed by atoms with Crippen LogP contribution in [-0.2, 0) is 12.8 Å². The molecule has 0 saturated carbocycles. The molecule has 1 aliphatic heterocycles. The molecule has 0 spiro atoms. The van der Waals surface area contributed by atoms with Crippen LogP contribution in [-0.4, -0.2) is 18.7 Å². The number of nitrogens with one attached hydrogen (secondary N) is 1. The van der Waals surface area contributed by atoms with E-state index in [0.29, 0.717) is 5.92 Å². The number of benzene rings is 1. The summed E-state index contributed by atoms with van der Waals surface area (Å²) in [5.74, 6) is 1.72. The Morgan fingerprint density at radius 3 is 2.76 bits per heavy atom. The average molecular weight is 310 g/mol. The Morgan fingerprint density at radius 1 is 1.33 bits per heavy atom. The first-order valence-corrected chi connectivity index (χ1v) is 8.46. The molecule has 1 N–H and O–H groups in total. The van der Waals surface area contributed by atoms with Gasteiger partial charge in [0.05, 0.1) is 6.61 Å². The molecule has 1 aromatic rings. The molecule has 21 heavy (non-hydrogen) atoms. The Morgan fingerprint density at radius 2 is 2.10 bits per heavy atom. The minimum atomic E-state index is 0.165. The van der Waals surface area contributed by atoms with Crippen LogP contribution in [0, 0.1) is 5.92 Å². The van der Waals surface area contributed by atoms with Crippen molar-refractivity contribution < 1.29 is 4.74 Å². The maximum absolute atomic E-state index is 6.27. The summed E-state index contributed by atoms with van der Waals surface area (Å²) >= 11 is 6.27. The van der Waals surface area contributed by atoms with Crippen LogP contribution in [0.25, 0.3) is 0 Å². The number of hydrogen-bond acceptors (Lipinski definition) is 2. The lowest BCUT2D eigenvalue weighted by Gasteiger charge is -2.25. The summed E-state index contributed by atoms with van der Waals surface area (Å²) in [6, 6.07) is 4.14. The van der Waals surface area contributed by atoms with Gasteiger partial charge in [0.25, 0.3) is 0 Å². The minimum absolute atomic E-state index is 0.165. The van der Waals surface area contributed by atoms with Gasteiger partial charge >= 0.3 is 0 Å². The van der Waals surface area contributed by atoms with Crippen LogP contribution in [0.15, 0.2) is 12.1 Å². The van der Waals surface area contributed by atoms with Crippen LogP contribution >= 0.6 is 11.6 Å². The molecule has 0 radical (unpaired) electrons. The van der Waals surface area contributed by atoms with Crippen LogP contribution in [0.4, 0.5) is 0 Å². The second-order valence-corrected chi connectivity index (χ2v) is 7.58. The zero-order valence-electron chi connectivity index (χ0n) is 13.8. The maximum Gasteiger partial charge on any atom is 0.125 e. The van der Waals surface area contributed by atoms with Crippen molar-refractivity contribution in [3.8, 4) is 5.75 Å². The van der Waals surface area contributed by atoms with E-state index in [-0.39, 0.29) is 5.54 Å². The highest BCUT2D eigenvalue weighted by Gasteiger charge is 2.21. The molecule has 1 heterocycles. The van der Waals surface area contributed by atoms with Crippen molar-refractivity contribution in [2.45, 2.75) is 58.9 Å². The molecular formula is C18H28ClNO. The lowest BCUT2D eigenvalue weighted by molar-refractivity contribution is 0.338. The first-order valence-electron chi connectivity index (χ1n) is 8.08. The van der Waals surface area contributed by atoms with Gasteiger partial charge in [0.2, 0.25) is 0 Å². The minimum Gasteiger partial charge on any atom is -0.493 e. The maximum atomic E-state index is 6.27. The smallest absolute Gasteiger partial charge is 0.125 e. The highest BCUT2D eigenvalue weighted by atomic mass is 35.5. The molecule has 0 aliphatic carbocycles. The monoisotopic (exact) mass is 309 g/mol. The van der Waals surface area contributed by atoms with Crippen molar-refractivity contribution in [3.63, 3.8) is 0 Å². The van der Waals surface area contributed by atoms with E-state index in [1.54, 1.807) is 0 Å². The summed E-state index contributed by atoms with van der Waals surface area (Å²) in [6.07, 6.45) is 4.46. The molecule has 0 fully saturated rings. The van der Waals surface area contributed by atoms with Gasteiger partial charge in [0, 0.05) is 17.0 Å². The Balaban J connectivity index is 2.10. The van der Waals surface area contributed by atoms with Gasteiger partial charge < -0.3 is 10.1 Å². The summed E-state index contributed by atoms with van der Waals surface area (Å²) in [6.45, 7) is 10.7. The van der Waals surface area contributed by atoms with E-state index in [4.69, 9.17) is 16.3 Å². The summed E-state index contributed by atoms with van der Waals surface area (Å²) in [4.78, 5) is 0. The van der Waals surface area contributed by atoms with E-state index in [9.17, 15) is 0 Å². The number of halogens is 1. The number of rotatable bonds is 6. The van der Waals surface area contributed by atoms with Crippen molar-refractivity contribution in [3.05, 3.63) is 28.3 Å². The average Bonchev–Trinajstić information content (AvgIpc) is 2.83. The molecule has 3 heteroatoms. The van der Waals surface area contributed by atoms with E-state index in [2.05, 4.69) is 45.1 Å². The third-order valence-electron chi connectivity index (χ3n) is 3.95. The standard InChI is InChI=1S/C18H28ClNO/c1-5-6-13(12-20-18(2,3)4)9-15-11-16(19)10-14-7-8-21-17(14)15/h10-11,13,20H,5-9,12H2,1-4H3. The molecule has 2 nitrogen and oxygen atoms in total. The Bertz CT molecular complexity index is 479. The number of ether oxygens (including phenoxy) is 1. The van der Waals surface area contributed by atoms with Crippen molar-refractivity contribution in [2.75, 3.05) is 13.2 Å². The third-order valence-corrected chi connectivity index (χ3v) is 4.17. The molecule has 1 atom stereocenters. The zero-order chi connectivity index (χ0) is 15.5. The van der Waals surface area contributed by atoms with Crippen LogP contribution in [0.1, 0.15) is 51.7 Å². The summed E-state index contributed by atoms with van der Waals surface area (Å²) < 4.78 is 5.83. The van der Waals surface area contributed by atoms with Crippen molar-refractivity contribution in [2.24, 2.45) is 5.92 Å². The first kappa shape index (κ1) is 16.6. The fraction of sp³-hybridized carbons (Fsp3) is 0.667. The quantitative estimate of drug-likeness (QED) is 0.827.